The smallest absolute Gasteiger partial charge is 0.327 e. The Morgan fingerprint density at radius 3 is 2.67 bits per heavy atom. The average molecular weight is 393 g/mol. The van der Waals surface area contributed by atoms with Crippen LogP contribution in [0.1, 0.15) is 24.2 Å². The number of halogens is 2. The van der Waals surface area contributed by atoms with E-state index in [0.29, 0.717) is 20.8 Å². The Morgan fingerprint density at radius 1 is 1.48 bits per heavy atom. The van der Waals surface area contributed by atoms with E-state index in [-0.39, 0.29) is 17.2 Å². The molecule has 1 heterocycles. The Labute approximate surface area is 141 Å². The van der Waals surface area contributed by atoms with Crippen molar-refractivity contribution < 1.29 is 14.7 Å². The summed E-state index contributed by atoms with van der Waals surface area (Å²) in [6.45, 7) is 3.97. The van der Waals surface area contributed by atoms with Crippen molar-refractivity contribution in [3.63, 3.8) is 0 Å². The molecule has 1 fully saturated rings. The van der Waals surface area contributed by atoms with Crippen LogP contribution in [0, 0.1) is 5.92 Å². The fraction of sp³-hybridized carbons (Fsp3) is 0.429. The first-order chi connectivity index (χ1) is 9.82. The number of carboxylic acids is 1. The third kappa shape index (κ3) is 3.38. The molecule has 4 nitrogen and oxygen atoms in total. The minimum absolute atomic E-state index is 0.138. The van der Waals surface area contributed by atoms with Crippen molar-refractivity contribution in [3.8, 4) is 0 Å². The second-order valence-corrected chi connectivity index (χ2v) is 7.60. The van der Waals surface area contributed by atoms with Gasteiger partial charge in [0, 0.05) is 15.2 Å². The number of nitrogens with zero attached hydrogens (tertiary/aromatic N) is 1. The van der Waals surface area contributed by atoms with Gasteiger partial charge in [-0.3, -0.25) is 4.79 Å². The summed E-state index contributed by atoms with van der Waals surface area (Å²) >= 11 is 10.7. The van der Waals surface area contributed by atoms with E-state index in [4.69, 9.17) is 11.6 Å². The van der Waals surface area contributed by atoms with Crippen molar-refractivity contribution in [2.24, 2.45) is 5.92 Å². The standard InChI is InChI=1S/C14H15BrClNO3S/c1-7(2)13-17(11(6-21-13)14(19)20)12(18)9-4-3-8(16)5-10(9)15/h3-5,7,11,13H,6H2,1-2H3,(H,19,20). The molecule has 2 atom stereocenters. The van der Waals surface area contributed by atoms with E-state index in [9.17, 15) is 14.7 Å². The molecule has 0 bridgehead atoms. The Morgan fingerprint density at radius 2 is 2.14 bits per heavy atom. The van der Waals surface area contributed by atoms with Crippen molar-refractivity contribution in [1.29, 1.82) is 0 Å². The van der Waals surface area contributed by atoms with E-state index < -0.39 is 12.0 Å². The Bertz CT molecular complexity index is 581. The summed E-state index contributed by atoms with van der Waals surface area (Å²) in [6.07, 6.45) is 0. The van der Waals surface area contributed by atoms with Gasteiger partial charge in [0.15, 0.2) is 0 Å². The highest BCUT2D eigenvalue weighted by atomic mass is 79.9. The first-order valence-electron chi connectivity index (χ1n) is 6.45. The van der Waals surface area contributed by atoms with Crippen LogP contribution in [-0.4, -0.2) is 39.1 Å². The fourth-order valence-electron chi connectivity index (χ4n) is 2.29. The first kappa shape index (κ1) is 16.6. The lowest BCUT2D eigenvalue weighted by atomic mass is 10.1. The van der Waals surface area contributed by atoms with E-state index in [1.54, 1.807) is 18.2 Å². The lowest BCUT2D eigenvalue weighted by molar-refractivity contribution is -0.141. The summed E-state index contributed by atoms with van der Waals surface area (Å²) in [4.78, 5) is 25.7. The Kier molecular flexibility index (Phi) is 5.22. The minimum Gasteiger partial charge on any atom is -0.480 e. The molecule has 7 heteroatoms. The first-order valence-corrected chi connectivity index (χ1v) is 8.67. The predicted octanol–water partition coefficient (Wildman–Crippen LogP) is 3.73. The lowest BCUT2D eigenvalue weighted by Crippen LogP contribution is -2.47. The van der Waals surface area contributed by atoms with Crippen LogP contribution in [0.15, 0.2) is 22.7 Å². The van der Waals surface area contributed by atoms with Gasteiger partial charge in [-0.25, -0.2) is 4.79 Å². The maximum atomic E-state index is 12.8. The maximum absolute atomic E-state index is 12.8. The van der Waals surface area contributed by atoms with Gasteiger partial charge in [-0.1, -0.05) is 25.4 Å². The van der Waals surface area contributed by atoms with Crippen LogP contribution >= 0.6 is 39.3 Å². The zero-order chi connectivity index (χ0) is 15.7. The normalized spacial score (nSPS) is 21.9. The van der Waals surface area contributed by atoms with E-state index in [0.717, 1.165) is 0 Å². The number of rotatable bonds is 3. The van der Waals surface area contributed by atoms with Gasteiger partial charge in [0.1, 0.15) is 6.04 Å². The van der Waals surface area contributed by atoms with Gasteiger partial charge >= 0.3 is 5.97 Å². The number of thioether (sulfide) groups is 1. The molecule has 1 aromatic carbocycles. The molecule has 1 N–H and O–H groups in total. The second-order valence-electron chi connectivity index (χ2n) is 5.16. The van der Waals surface area contributed by atoms with Crippen molar-refractivity contribution >= 4 is 51.2 Å². The molecule has 1 aliphatic rings. The quantitative estimate of drug-likeness (QED) is 0.851. The predicted molar refractivity (Wildman–Crippen MR) is 87.8 cm³/mol. The van der Waals surface area contributed by atoms with Gasteiger partial charge in [-0.05, 0) is 40.0 Å². The molecule has 0 aromatic heterocycles. The molecule has 1 aromatic rings. The molecule has 0 aliphatic carbocycles. The SMILES string of the molecule is CC(C)C1SCC(C(=O)O)N1C(=O)c1ccc(Cl)cc1Br. The summed E-state index contributed by atoms with van der Waals surface area (Å²) in [5.74, 6) is -0.664. The zero-order valence-corrected chi connectivity index (χ0v) is 14.7. The van der Waals surface area contributed by atoms with E-state index >= 15 is 0 Å². The molecule has 114 valence electrons. The zero-order valence-electron chi connectivity index (χ0n) is 11.5. The number of amides is 1. The van der Waals surface area contributed by atoms with Gasteiger partial charge in [-0.2, -0.15) is 0 Å². The molecule has 1 saturated heterocycles. The van der Waals surface area contributed by atoms with Crippen molar-refractivity contribution in [2.75, 3.05) is 5.75 Å². The lowest BCUT2D eigenvalue weighted by Gasteiger charge is -2.30. The molecule has 1 aliphatic heterocycles. The highest BCUT2D eigenvalue weighted by molar-refractivity contribution is 9.10. The van der Waals surface area contributed by atoms with Crippen LogP contribution in [0.2, 0.25) is 5.02 Å². The minimum atomic E-state index is -0.968. The topological polar surface area (TPSA) is 57.6 Å². The number of carbonyl (C=O) groups excluding carboxylic acids is 1. The number of carbonyl (C=O) groups is 2. The molecule has 2 unspecified atom stereocenters. The molecule has 1 amide bonds. The molecule has 21 heavy (non-hydrogen) atoms. The summed E-state index contributed by atoms with van der Waals surface area (Å²) in [6, 6.07) is 4.09. The van der Waals surface area contributed by atoms with E-state index in [2.05, 4.69) is 15.9 Å². The highest BCUT2D eigenvalue weighted by Crippen LogP contribution is 2.36. The average Bonchev–Trinajstić information content (AvgIpc) is 2.82. The van der Waals surface area contributed by atoms with Crippen molar-refractivity contribution in [3.05, 3.63) is 33.3 Å². The Hall–Kier alpha value is -0.720. The second kappa shape index (κ2) is 6.58. The maximum Gasteiger partial charge on any atom is 0.327 e. The third-order valence-electron chi connectivity index (χ3n) is 3.29. The van der Waals surface area contributed by atoms with Gasteiger partial charge in [0.2, 0.25) is 0 Å². The van der Waals surface area contributed by atoms with Crippen molar-refractivity contribution in [1.82, 2.24) is 4.90 Å². The summed E-state index contributed by atoms with van der Waals surface area (Å²) in [5.41, 5.74) is 0.429. The number of aliphatic carboxylic acids is 1. The number of benzene rings is 1. The summed E-state index contributed by atoms with van der Waals surface area (Å²) < 4.78 is 0.573. The highest BCUT2D eigenvalue weighted by Gasteiger charge is 2.43. The van der Waals surface area contributed by atoms with Crippen LogP contribution in [0.5, 0.6) is 0 Å². The largest absolute Gasteiger partial charge is 0.480 e. The molecular formula is C14H15BrClNO3S. The van der Waals surface area contributed by atoms with Gasteiger partial charge in [-0.15, -0.1) is 11.8 Å². The van der Waals surface area contributed by atoms with Crippen LogP contribution in [0.4, 0.5) is 0 Å². The van der Waals surface area contributed by atoms with Gasteiger partial charge < -0.3 is 10.0 Å². The third-order valence-corrected chi connectivity index (χ3v) is 5.80. The Balaban J connectivity index is 2.39. The number of hydrogen-bond acceptors (Lipinski definition) is 3. The molecule has 0 spiro atoms. The monoisotopic (exact) mass is 391 g/mol. The molecule has 0 radical (unpaired) electrons. The fourth-order valence-corrected chi connectivity index (χ4v) is 4.61. The van der Waals surface area contributed by atoms with Gasteiger partial charge in [0.05, 0.1) is 10.9 Å². The molecular weight excluding hydrogens is 378 g/mol. The van der Waals surface area contributed by atoms with Crippen molar-refractivity contribution in [2.45, 2.75) is 25.3 Å². The summed E-state index contributed by atoms with van der Waals surface area (Å²) in [5, 5.41) is 9.73. The van der Waals surface area contributed by atoms with Crippen LogP contribution in [-0.2, 0) is 4.79 Å². The van der Waals surface area contributed by atoms with Crippen LogP contribution in [0.25, 0.3) is 0 Å². The molecule has 0 saturated carbocycles. The van der Waals surface area contributed by atoms with E-state index in [1.165, 1.54) is 16.7 Å². The number of hydrogen-bond donors (Lipinski definition) is 1. The van der Waals surface area contributed by atoms with Crippen LogP contribution in [0.3, 0.4) is 0 Å². The molecule has 2 rings (SSSR count). The van der Waals surface area contributed by atoms with E-state index in [1.807, 2.05) is 13.8 Å². The van der Waals surface area contributed by atoms with Gasteiger partial charge in [0.25, 0.3) is 5.91 Å². The van der Waals surface area contributed by atoms with Crippen LogP contribution < -0.4 is 0 Å². The summed E-state index contributed by atoms with van der Waals surface area (Å²) in [7, 11) is 0. The number of carboxylic acid groups (broad SMARTS) is 1.